The van der Waals surface area contributed by atoms with Crippen molar-refractivity contribution in [1.29, 1.82) is 0 Å². The molecule has 1 aromatic carbocycles. The smallest absolute Gasteiger partial charge is 0.115 e. The normalized spacial score (nSPS) is 27.0. The Labute approximate surface area is 148 Å². The van der Waals surface area contributed by atoms with E-state index in [1.807, 2.05) is 12.1 Å². The van der Waals surface area contributed by atoms with Crippen LogP contribution in [0.2, 0.25) is 0 Å². The van der Waals surface area contributed by atoms with Gasteiger partial charge < -0.3 is 5.11 Å². The number of phenolic OH excluding ortho intramolecular Hbond substituents is 1. The van der Waals surface area contributed by atoms with Crippen molar-refractivity contribution in [2.45, 2.75) is 90.4 Å². The van der Waals surface area contributed by atoms with Gasteiger partial charge in [0, 0.05) is 0 Å². The zero-order valence-corrected chi connectivity index (χ0v) is 15.6. The lowest BCUT2D eigenvalue weighted by Crippen LogP contribution is -2.18. The number of aryl methyl sites for hydroxylation is 1. The van der Waals surface area contributed by atoms with E-state index in [0.29, 0.717) is 5.75 Å². The molecule has 1 nitrogen and oxygen atoms in total. The van der Waals surface area contributed by atoms with E-state index in [2.05, 4.69) is 13.0 Å². The van der Waals surface area contributed by atoms with Crippen molar-refractivity contribution in [2.75, 3.05) is 0 Å². The second kappa shape index (κ2) is 8.92. The molecule has 1 unspecified atom stereocenters. The fourth-order valence-corrected chi connectivity index (χ4v) is 5.03. The average molecular weight is 329 g/mol. The van der Waals surface area contributed by atoms with Crippen LogP contribution in [-0.4, -0.2) is 5.11 Å². The second-order valence-corrected chi connectivity index (χ2v) is 8.52. The molecule has 1 saturated carbocycles. The predicted molar refractivity (Wildman–Crippen MR) is 102 cm³/mol. The van der Waals surface area contributed by atoms with Crippen LogP contribution >= 0.6 is 0 Å². The van der Waals surface area contributed by atoms with Crippen LogP contribution in [0.4, 0.5) is 0 Å². The molecule has 0 radical (unpaired) electrons. The highest BCUT2D eigenvalue weighted by Gasteiger charge is 2.23. The molecule has 2 aliphatic carbocycles. The molecule has 0 spiro atoms. The van der Waals surface area contributed by atoms with Crippen molar-refractivity contribution in [3.63, 3.8) is 0 Å². The molecular formula is C23H36O. The minimum Gasteiger partial charge on any atom is -0.508 e. The lowest BCUT2D eigenvalue weighted by Gasteiger charge is -2.31. The summed E-state index contributed by atoms with van der Waals surface area (Å²) < 4.78 is 0. The summed E-state index contributed by atoms with van der Waals surface area (Å²) >= 11 is 0. The Balaban J connectivity index is 1.36. The number of rotatable bonds is 7. The molecule has 2 aliphatic rings. The highest BCUT2D eigenvalue weighted by atomic mass is 16.3. The predicted octanol–water partition coefficient (Wildman–Crippen LogP) is 6.66. The number of phenols is 1. The number of aromatic hydroxyl groups is 1. The lowest BCUT2D eigenvalue weighted by molar-refractivity contribution is 0.233. The van der Waals surface area contributed by atoms with Crippen molar-refractivity contribution in [2.24, 2.45) is 17.8 Å². The number of fused-ring (bicyclic) bond motifs is 1. The van der Waals surface area contributed by atoms with E-state index in [1.165, 1.54) is 94.6 Å². The summed E-state index contributed by atoms with van der Waals surface area (Å²) in [6, 6.07) is 5.99. The summed E-state index contributed by atoms with van der Waals surface area (Å²) in [6.45, 7) is 2.31. The second-order valence-electron chi connectivity index (χ2n) is 8.52. The Morgan fingerprint density at radius 2 is 1.54 bits per heavy atom. The van der Waals surface area contributed by atoms with Crippen LogP contribution < -0.4 is 0 Å². The van der Waals surface area contributed by atoms with Gasteiger partial charge in [-0.25, -0.2) is 0 Å². The largest absolute Gasteiger partial charge is 0.508 e. The molecule has 1 aromatic rings. The van der Waals surface area contributed by atoms with Crippen LogP contribution in [-0.2, 0) is 12.8 Å². The SMILES string of the molecule is CCCCCC1CCC(CCC2CCc3cc(O)ccc3C2)CC1. The topological polar surface area (TPSA) is 20.2 Å². The third-order valence-corrected chi connectivity index (χ3v) is 6.69. The first-order valence-electron chi connectivity index (χ1n) is 10.6. The number of hydrogen-bond donors (Lipinski definition) is 1. The molecule has 1 atom stereocenters. The monoisotopic (exact) mass is 328 g/mol. The van der Waals surface area contributed by atoms with E-state index in [-0.39, 0.29) is 0 Å². The van der Waals surface area contributed by atoms with Crippen LogP contribution in [0.5, 0.6) is 5.75 Å². The molecule has 0 heterocycles. The quantitative estimate of drug-likeness (QED) is 0.554. The van der Waals surface area contributed by atoms with Crippen molar-refractivity contribution in [3.8, 4) is 5.75 Å². The summed E-state index contributed by atoms with van der Waals surface area (Å²) in [5.41, 5.74) is 2.88. The fraction of sp³-hybridized carbons (Fsp3) is 0.739. The fourth-order valence-electron chi connectivity index (χ4n) is 5.03. The van der Waals surface area contributed by atoms with Crippen molar-refractivity contribution >= 4 is 0 Å². The Bertz CT molecular complexity index is 499. The number of benzene rings is 1. The van der Waals surface area contributed by atoms with Crippen LogP contribution in [0.3, 0.4) is 0 Å². The van der Waals surface area contributed by atoms with Crippen molar-refractivity contribution in [3.05, 3.63) is 29.3 Å². The zero-order valence-electron chi connectivity index (χ0n) is 15.6. The van der Waals surface area contributed by atoms with Gasteiger partial charge in [-0.3, -0.25) is 0 Å². The van der Waals surface area contributed by atoms with Crippen LogP contribution in [0.1, 0.15) is 88.7 Å². The van der Waals surface area contributed by atoms with Crippen LogP contribution in [0, 0.1) is 17.8 Å². The molecule has 0 aromatic heterocycles. The van der Waals surface area contributed by atoms with Gasteiger partial charge in [0.15, 0.2) is 0 Å². The molecule has 0 amide bonds. The Morgan fingerprint density at radius 1 is 0.833 bits per heavy atom. The average Bonchev–Trinajstić information content (AvgIpc) is 2.61. The van der Waals surface area contributed by atoms with E-state index in [4.69, 9.17) is 0 Å². The summed E-state index contributed by atoms with van der Waals surface area (Å²) in [5.74, 6) is 3.36. The maximum Gasteiger partial charge on any atom is 0.115 e. The van der Waals surface area contributed by atoms with Gasteiger partial charge in [0.05, 0.1) is 0 Å². The van der Waals surface area contributed by atoms with Gasteiger partial charge in [-0.05, 0) is 66.7 Å². The third-order valence-electron chi connectivity index (χ3n) is 6.69. The van der Waals surface area contributed by atoms with E-state index in [0.717, 1.165) is 17.8 Å². The first-order chi connectivity index (χ1) is 11.7. The Morgan fingerprint density at radius 3 is 2.29 bits per heavy atom. The van der Waals surface area contributed by atoms with Gasteiger partial charge in [-0.1, -0.05) is 70.8 Å². The van der Waals surface area contributed by atoms with Crippen molar-refractivity contribution in [1.82, 2.24) is 0 Å². The first-order valence-corrected chi connectivity index (χ1v) is 10.6. The Kier molecular flexibility index (Phi) is 6.63. The van der Waals surface area contributed by atoms with E-state index >= 15 is 0 Å². The molecule has 0 aliphatic heterocycles. The standard InChI is InChI=1S/C23H36O/c1-2-3-4-5-18-6-8-19(9-7-18)10-11-20-12-13-22-17-23(24)15-14-21(22)16-20/h14-15,17-20,24H,2-13,16H2,1H3. The van der Waals surface area contributed by atoms with E-state index < -0.39 is 0 Å². The maximum atomic E-state index is 9.62. The third kappa shape index (κ3) is 5.01. The molecule has 134 valence electrons. The summed E-state index contributed by atoms with van der Waals surface area (Å²) in [4.78, 5) is 0. The van der Waals surface area contributed by atoms with Gasteiger partial charge in [0.25, 0.3) is 0 Å². The maximum absolute atomic E-state index is 9.62. The molecule has 1 heteroatoms. The minimum absolute atomic E-state index is 0.433. The molecule has 1 fully saturated rings. The van der Waals surface area contributed by atoms with Crippen LogP contribution in [0.25, 0.3) is 0 Å². The van der Waals surface area contributed by atoms with E-state index in [9.17, 15) is 5.11 Å². The van der Waals surface area contributed by atoms with Gasteiger partial charge >= 0.3 is 0 Å². The molecule has 0 bridgehead atoms. The molecule has 3 rings (SSSR count). The zero-order chi connectivity index (χ0) is 16.8. The van der Waals surface area contributed by atoms with Gasteiger partial charge in [-0.2, -0.15) is 0 Å². The van der Waals surface area contributed by atoms with Gasteiger partial charge in [0.1, 0.15) is 5.75 Å². The molecule has 24 heavy (non-hydrogen) atoms. The van der Waals surface area contributed by atoms with E-state index in [1.54, 1.807) is 0 Å². The number of hydrogen-bond acceptors (Lipinski definition) is 1. The highest BCUT2D eigenvalue weighted by molar-refractivity contribution is 5.36. The molecule has 0 saturated heterocycles. The summed E-state index contributed by atoms with van der Waals surface area (Å²) in [6.07, 6.45) is 18.3. The Hall–Kier alpha value is -0.980. The van der Waals surface area contributed by atoms with Crippen LogP contribution in [0.15, 0.2) is 18.2 Å². The summed E-state index contributed by atoms with van der Waals surface area (Å²) in [5, 5.41) is 9.62. The highest BCUT2D eigenvalue weighted by Crippen LogP contribution is 2.37. The van der Waals surface area contributed by atoms with Gasteiger partial charge in [-0.15, -0.1) is 0 Å². The van der Waals surface area contributed by atoms with Gasteiger partial charge in [0.2, 0.25) is 0 Å². The lowest BCUT2D eigenvalue weighted by atomic mass is 9.75. The molecule has 1 N–H and O–H groups in total. The molecular weight excluding hydrogens is 292 g/mol. The first kappa shape index (κ1) is 17.8. The summed E-state index contributed by atoms with van der Waals surface area (Å²) in [7, 11) is 0. The number of unbranched alkanes of at least 4 members (excludes halogenated alkanes) is 2. The minimum atomic E-state index is 0.433. The van der Waals surface area contributed by atoms with Crippen molar-refractivity contribution < 1.29 is 5.11 Å².